The quantitative estimate of drug-likeness (QED) is 0.353. The van der Waals surface area contributed by atoms with Crippen molar-refractivity contribution in [2.45, 2.75) is 33.1 Å². The highest BCUT2D eigenvalue weighted by molar-refractivity contribution is 5.86. The van der Waals surface area contributed by atoms with E-state index in [1.54, 1.807) is 19.9 Å². The van der Waals surface area contributed by atoms with Crippen molar-refractivity contribution in [3.63, 3.8) is 0 Å². The fraction of sp³-hybridized carbons (Fsp3) is 0.571. The fourth-order valence-electron chi connectivity index (χ4n) is 0.850. The predicted molar refractivity (Wildman–Crippen MR) is 75.2 cm³/mol. The number of ether oxygens (including phenoxy) is 1. The second-order valence-electron chi connectivity index (χ2n) is 4.05. The summed E-state index contributed by atoms with van der Waals surface area (Å²) >= 11 is 0. The lowest BCUT2D eigenvalue weighted by atomic mass is 10.2. The lowest BCUT2D eigenvalue weighted by Gasteiger charge is -2.00. The van der Waals surface area contributed by atoms with Gasteiger partial charge >= 0.3 is 11.9 Å². The number of esters is 1. The molecule has 0 aromatic carbocycles. The standard InChI is InChI=1S/2C7H12O3/c1-6(2)7(9)10-5-3-4-8;1-6(7(9)10)4-2-3-5-8/h8H,1,3-5H2,2H3;4,8H,2-3,5H2,1H3,(H,9,10). The van der Waals surface area contributed by atoms with Gasteiger partial charge in [-0.15, -0.1) is 0 Å². The molecule has 0 rings (SSSR count). The molecule has 0 saturated heterocycles. The van der Waals surface area contributed by atoms with Crippen LogP contribution in [0.2, 0.25) is 0 Å². The van der Waals surface area contributed by atoms with Gasteiger partial charge in [-0.3, -0.25) is 0 Å². The smallest absolute Gasteiger partial charge is 0.333 e. The molecule has 3 N–H and O–H groups in total. The van der Waals surface area contributed by atoms with Gasteiger partial charge < -0.3 is 20.1 Å². The van der Waals surface area contributed by atoms with Crippen molar-refractivity contribution in [1.29, 1.82) is 0 Å². The van der Waals surface area contributed by atoms with Crippen molar-refractivity contribution >= 4 is 11.9 Å². The number of allylic oxidation sites excluding steroid dienone is 1. The summed E-state index contributed by atoms with van der Waals surface area (Å²) in [5.74, 6) is -1.29. The van der Waals surface area contributed by atoms with Crippen LogP contribution in [0.3, 0.4) is 0 Å². The molecule has 6 nitrogen and oxygen atoms in total. The van der Waals surface area contributed by atoms with Crippen molar-refractivity contribution in [2.75, 3.05) is 19.8 Å². The van der Waals surface area contributed by atoms with Gasteiger partial charge in [0.25, 0.3) is 0 Å². The number of aliphatic hydroxyl groups excluding tert-OH is 2. The van der Waals surface area contributed by atoms with E-state index in [1.807, 2.05) is 0 Å². The molecule has 0 aliphatic carbocycles. The summed E-state index contributed by atoms with van der Waals surface area (Å²) in [6.07, 6.45) is 3.36. The third-order valence-electron chi connectivity index (χ3n) is 2.03. The summed E-state index contributed by atoms with van der Waals surface area (Å²) < 4.78 is 4.65. The molecule has 0 saturated carbocycles. The van der Waals surface area contributed by atoms with Gasteiger partial charge in [0, 0.05) is 30.8 Å². The van der Waals surface area contributed by atoms with E-state index < -0.39 is 11.9 Å². The molecule has 0 radical (unpaired) electrons. The van der Waals surface area contributed by atoms with Crippen LogP contribution in [0.5, 0.6) is 0 Å². The van der Waals surface area contributed by atoms with E-state index in [2.05, 4.69) is 11.3 Å². The molecular weight excluding hydrogens is 264 g/mol. The number of hydrogen-bond donors (Lipinski definition) is 3. The Morgan fingerprint density at radius 1 is 1.15 bits per heavy atom. The van der Waals surface area contributed by atoms with E-state index in [-0.39, 0.29) is 19.8 Å². The second-order valence-corrected chi connectivity index (χ2v) is 4.05. The molecule has 0 aliphatic heterocycles. The summed E-state index contributed by atoms with van der Waals surface area (Å²) in [4.78, 5) is 20.8. The van der Waals surface area contributed by atoms with E-state index in [0.717, 1.165) is 0 Å². The van der Waals surface area contributed by atoms with E-state index in [1.165, 1.54) is 0 Å². The number of carboxylic acids is 1. The van der Waals surface area contributed by atoms with Gasteiger partial charge in [-0.05, 0) is 26.7 Å². The molecule has 6 heteroatoms. The Hall–Kier alpha value is -1.66. The average Bonchev–Trinajstić information content (AvgIpc) is 2.39. The number of carboxylic acid groups (broad SMARTS) is 1. The second kappa shape index (κ2) is 13.8. The number of rotatable bonds is 8. The Morgan fingerprint density at radius 2 is 1.70 bits per heavy atom. The van der Waals surface area contributed by atoms with Crippen molar-refractivity contribution in [2.24, 2.45) is 0 Å². The topological polar surface area (TPSA) is 104 Å². The summed E-state index contributed by atoms with van der Waals surface area (Å²) in [6, 6.07) is 0. The lowest BCUT2D eigenvalue weighted by Crippen LogP contribution is -2.06. The maximum atomic E-state index is 10.6. The minimum absolute atomic E-state index is 0.0451. The molecule has 0 aromatic rings. The SMILES string of the molecule is C=C(C)C(=O)OCCCO.CC(=CCCCO)C(=O)O. The van der Waals surface area contributed by atoms with Crippen molar-refractivity contribution in [3.05, 3.63) is 23.8 Å². The van der Waals surface area contributed by atoms with Crippen LogP contribution < -0.4 is 0 Å². The van der Waals surface area contributed by atoms with Crippen LogP contribution in [-0.4, -0.2) is 47.1 Å². The minimum Gasteiger partial charge on any atom is -0.478 e. The normalized spacial score (nSPS) is 10.3. The largest absolute Gasteiger partial charge is 0.478 e. The van der Waals surface area contributed by atoms with E-state index in [4.69, 9.17) is 15.3 Å². The number of aliphatic hydroxyl groups is 2. The molecule has 20 heavy (non-hydrogen) atoms. The van der Waals surface area contributed by atoms with Gasteiger partial charge in [0.2, 0.25) is 0 Å². The molecule has 0 fully saturated rings. The first kappa shape index (κ1) is 20.7. The van der Waals surface area contributed by atoms with Crippen LogP contribution >= 0.6 is 0 Å². The number of unbranched alkanes of at least 4 members (excludes halogenated alkanes) is 1. The zero-order chi connectivity index (χ0) is 16.0. The summed E-state index contributed by atoms with van der Waals surface area (Å²) in [7, 11) is 0. The third kappa shape index (κ3) is 14.4. The van der Waals surface area contributed by atoms with Crippen LogP contribution in [0.15, 0.2) is 23.8 Å². The maximum absolute atomic E-state index is 10.6. The number of hydrogen-bond acceptors (Lipinski definition) is 5. The lowest BCUT2D eigenvalue weighted by molar-refractivity contribution is -0.139. The van der Waals surface area contributed by atoms with Crippen LogP contribution in [0.1, 0.15) is 33.1 Å². The van der Waals surface area contributed by atoms with Crippen LogP contribution in [0.4, 0.5) is 0 Å². The minimum atomic E-state index is -0.891. The molecule has 0 aromatic heterocycles. The summed E-state index contributed by atoms with van der Waals surface area (Å²) in [5.41, 5.74) is 0.728. The molecule has 0 aliphatic rings. The molecule has 0 heterocycles. The third-order valence-corrected chi connectivity index (χ3v) is 2.03. The van der Waals surface area contributed by atoms with E-state index in [0.29, 0.717) is 30.4 Å². The van der Waals surface area contributed by atoms with Gasteiger partial charge in [0.05, 0.1) is 6.61 Å². The first-order chi connectivity index (χ1) is 9.36. The summed E-state index contributed by atoms with van der Waals surface area (Å²) in [5, 5.41) is 25.0. The molecular formula is C14H24O6. The van der Waals surface area contributed by atoms with Crippen LogP contribution in [0.25, 0.3) is 0 Å². The number of carbonyl (C=O) groups excluding carboxylic acids is 1. The zero-order valence-electron chi connectivity index (χ0n) is 12.1. The maximum Gasteiger partial charge on any atom is 0.333 e. The molecule has 0 unspecified atom stereocenters. The monoisotopic (exact) mass is 288 g/mol. The Kier molecular flexibility index (Phi) is 14.2. The number of aliphatic carboxylic acids is 1. The van der Waals surface area contributed by atoms with Gasteiger partial charge in [-0.2, -0.15) is 0 Å². The Morgan fingerprint density at radius 3 is 2.10 bits per heavy atom. The molecule has 0 amide bonds. The highest BCUT2D eigenvalue weighted by atomic mass is 16.5. The molecule has 0 atom stereocenters. The molecule has 116 valence electrons. The average molecular weight is 288 g/mol. The van der Waals surface area contributed by atoms with Crippen molar-refractivity contribution in [3.8, 4) is 0 Å². The Labute approximate surface area is 119 Å². The predicted octanol–water partition coefficient (Wildman–Crippen LogP) is 1.28. The van der Waals surface area contributed by atoms with E-state index in [9.17, 15) is 9.59 Å². The molecule has 0 spiro atoms. The Bertz CT molecular complexity index is 333. The van der Waals surface area contributed by atoms with Crippen molar-refractivity contribution in [1.82, 2.24) is 0 Å². The van der Waals surface area contributed by atoms with Crippen molar-refractivity contribution < 1.29 is 29.6 Å². The first-order valence-corrected chi connectivity index (χ1v) is 6.31. The fourth-order valence-corrected chi connectivity index (χ4v) is 0.850. The van der Waals surface area contributed by atoms with Gasteiger partial charge in [0.15, 0.2) is 0 Å². The molecule has 0 bridgehead atoms. The number of carbonyl (C=O) groups is 2. The summed E-state index contributed by atoms with van der Waals surface area (Å²) in [6.45, 7) is 6.95. The van der Waals surface area contributed by atoms with Crippen LogP contribution in [0, 0.1) is 0 Å². The zero-order valence-corrected chi connectivity index (χ0v) is 12.1. The highest BCUT2D eigenvalue weighted by Crippen LogP contribution is 1.97. The van der Waals surface area contributed by atoms with Gasteiger partial charge in [-0.1, -0.05) is 12.7 Å². The highest BCUT2D eigenvalue weighted by Gasteiger charge is 2.00. The Balaban J connectivity index is 0. The van der Waals surface area contributed by atoms with Gasteiger partial charge in [0.1, 0.15) is 0 Å². The first-order valence-electron chi connectivity index (χ1n) is 6.31. The van der Waals surface area contributed by atoms with E-state index >= 15 is 0 Å². The van der Waals surface area contributed by atoms with Gasteiger partial charge in [-0.25, -0.2) is 9.59 Å². The van der Waals surface area contributed by atoms with Crippen LogP contribution in [-0.2, 0) is 14.3 Å².